The van der Waals surface area contributed by atoms with Gasteiger partial charge in [-0.15, -0.1) is 24.0 Å². The average molecular weight is 447 g/mol. The van der Waals surface area contributed by atoms with Gasteiger partial charge in [0.25, 0.3) is 0 Å². The van der Waals surface area contributed by atoms with E-state index in [0.29, 0.717) is 11.8 Å². The minimum atomic E-state index is 0. The smallest absolute Gasteiger partial charge is 0.193 e. The van der Waals surface area contributed by atoms with Crippen molar-refractivity contribution >= 4 is 29.9 Å². The van der Waals surface area contributed by atoms with Crippen LogP contribution in [0.3, 0.4) is 0 Å². The molecule has 0 radical (unpaired) electrons. The van der Waals surface area contributed by atoms with Crippen molar-refractivity contribution in [3.05, 3.63) is 71.3 Å². The van der Waals surface area contributed by atoms with Crippen LogP contribution in [0.15, 0.2) is 59.6 Å². The van der Waals surface area contributed by atoms with Crippen molar-refractivity contribution in [1.29, 1.82) is 0 Å². The van der Waals surface area contributed by atoms with Gasteiger partial charge in [-0.3, -0.25) is 4.99 Å². The second-order valence-electron chi connectivity index (χ2n) is 6.87. The van der Waals surface area contributed by atoms with Crippen molar-refractivity contribution in [3.63, 3.8) is 0 Å². The fourth-order valence-electron chi connectivity index (χ4n) is 4.04. The Kier molecular flexibility index (Phi) is 5.99. The molecule has 2 aromatic carbocycles. The summed E-state index contributed by atoms with van der Waals surface area (Å²) >= 11 is 0. The van der Waals surface area contributed by atoms with Gasteiger partial charge in [0.1, 0.15) is 0 Å². The summed E-state index contributed by atoms with van der Waals surface area (Å²) in [4.78, 5) is 6.92. The first-order chi connectivity index (χ1) is 11.8. The Balaban J connectivity index is 0.00000182. The molecular formula is C21H26IN3. The van der Waals surface area contributed by atoms with Gasteiger partial charge in [0.05, 0.1) is 0 Å². The number of guanidine groups is 1. The van der Waals surface area contributed by atoms with Gasteiger partial charge in [0.15, 0.2) is 5.96 Å². The molecule has 0 spiro atoms. The fraction of sp³-hybridized carbons (Fsp3) is 0.381. The van der Waals surface area contributed by atoms with E-state index in [0.717, 1.165) is 25.6 Å². The van der Waals surface area contributed by atoms with Crippen LogP contribution >= 0.6 is 24.0 Å². The maximum atomic E-state index is 4.52. The second kappa shape index (κ2) is 8.21. The summed E-state index contributed by atoms with van der Waals surface area (Å²) < 4.78 is 0. The summed E-state index contributed by atoms with van der Waals surface area (Å²) in [6.07, 6.45) is 2.39. The Labute approximate surface area is 167 Å². The predicted molar refractivity (Wildman–Crippen MR) is 115 cm³/mol. The van der Waals surface area contributed by atoms with Crippen molar-refractivity contribution in [2.75, 3.05) is 26.7 Å². The summed E-state index contributed by atoms with van der Waals surface area (Å²) in [6.45, 7) is 3.13. The van der Waals surface area contributed by atoms with Gasteiger partial charge < -0.3 is 10.2 Å². The van der Waals surface area contributed by atoms with E-state index < -0.39 is 0 Å². The first-order valence-corrected chi connectivity index (χ1v) is 8.93. The molecule has 132 valence electrons. The molecule has 1 saturated heterocycles. The van der Waals surface area contributed by atoms with Crippen LogP contribution in [-0.2, 0) is 6.42 Å². The lowest BCUT2D eigenvalue weighted by Gasteiger charge is -2.32. The first kappa shape index (κ1) is 18.2. The van der Waals surface area contributed by atoms with Gasteiger partial charge in [0, 0.05) is 38.5 Å². The summed E-state index contributed by atoms with van der Waals surface area (Å²) in [5.41, 5.74) is 4.46. The highest BCUT2D eigenvalue weighted by atomic mass is 127. The highest BCUT2D eigenvalue weighted by molar-refractivity contribution is 14.0. The Morgan fingerprint density at radius 2 is 1.88 bits per heavy atom. The molecule has 4 heteroatoms. The molecule has 1 aliphatic carbocycles. The van der Waals surface area contributed by atoms with E-state index in [1.807, 2.05) is 7.05 Å². The predicted octanol–water partition coefficient (Wildman–Crippen LogP) is 4.01. The third-order valence-electron chi connectivity index (χ3n) is 5.44. The number of rotatable bonds is 3. The number of likely N-dealkylation sites (tertiary alicyclic amines) is 1. The lowest BCUT2D eigenvalue weighted by molar-refractivity contribution is 0.474. The molecule has 1 aliphatic heterocycles. The van der Waals surface area contributed by atoms with Crippen LogP contribution in [0.2, 0.25) is 0 Å². The van der Waals surface area contributed by atoms with Gasteiger partial charge in [-0.05, 0) is 29.5 Å². The van der Waals surface area contributed by atoms with Crippen molar-refractivity contribution in [2.45, 2.75) is 24.7 Å². The number of benzene rings is 2. The molecule has 4 rings (SSSR count). The Morgan fingerprint density at radius 3 is 2.64 bits per heavy atom. The molecule has 3 nitrogen and oxygen atoms in total. The number of hydrogen-bond donors (Lipinski definition) is 1. The maximum absolute atomic E-state index is 4.52. The molecule has 0 aromatic heterocycles. The zero-order valence-electron chi connectivity index (χ0n) is 14.7. The van der Waals surface area contributed by atoms with Gasteiger partial charge in [-0.2, -0.15) is 0 Å². The van der Waals surface area contributed by atoms with Gasteiger partial charge >= 0.3 is 0 Å². The molecule has 0 amide bonds. The van der Waals surface area contributed by atoms with Crippen LogP contribution in [0.1, 0.15) is 34.9 Å². The van der Waals surface area contributed by atoms with Crippen LogP contribution in [0, 0.1) is 0 Å². The van der Waals surface area contributed by atoms with Gasteiger partial charge in [-0.25, -0.2) is 0 Å². The van der Waals surface area contributed by atoms with E-state index in [1.54, 1.807) is 0 Å². The van der Waals surface area contributed by atoms with Crippen molar-refractivity contribution in [2.24, 2.45) is 4.99 Å². The SMILES string of the molecule is CN=C(NCC1Cc2ccccc21)N1CCC(c2ccccc2)C1.I. The summed E-state index contributed by atoms with van der Waals surface area (Å²) in [5, 5.41) is 3.60. The van der Waals surface area contributed by atoms with E-state index in [2.05, 4.69) is 69.8 Å². The van der Waals surface area contributed by atoms with Crippen LogP contribution in [0.4, 0.5) is 0 Å². The maximum Gasteiger partial charge on any atom is 0.193 e. The summed E-state index contributed by atoms with van der Waals surface area (Å²) in [7, 11) is 1.90. The van der Waals surface area contributed by atoms with Crippen LogP contribution in [0.25, 0.3) is 0 Å². The topological polar surface area (TPSA) is 27.6 Å². The summed E-state index contributed by atoms with van der Waals surface area (Å²) in [6, 6.07) is 19.6. The molecule has 2 unspecified atom stereocenters. The van der Waals surface area contributed by atoms with Crippen molar-refractivity contribution in [3.8, 4) is 0 Å². The molecule has 1 N–H and O–H groups in total. The molecule has 25 heavy (non-hydrogen) atoms. The third-order valence-corrected chi connectivity index (χ3v) is 5.44. The lowest BCUT2D eigenvalue weighted by atomic mass is 9.78. The van der Waals surface area contributed by atoms with E-state index in [1.165, 1.54) is 29.5 Å². The van der Waals surface area contributed by atoms with Crippen molar-refractivity contribution < 1.29 is 0 Å². The van der Waals surface area contributed by atoms with Crippen LogP contribution in [0.5, 0.6) is 0 Å². The number of nitrogens with one attached hydrogen (secondary N) is 1. The normalized spacial score (nSPS) is 22.0. The molecule has 0 bridgehead atoms. The van der Waals surface area contributed by atoms with E-state index >= 15 is 0 Å². The number of fused-ring (bicyclic) bond motifs is 1. The van der Waals surface area contributed by atoms with Gasteiger partial charge in [-0.1, -0.05) is 54.6 Å². The van der Waals surface area contributed by atoms with Crippen LogP contribution in [-0.4, -0.2) is 37.5 Å². The molecule has 1 heterocycles. The standard InChI is InChI=1S/C21H25N3.HI/c1-22-21(23-14-19-13-17-9-5-6-10-20(17)19)24-12-11-18(15-24)16-7-3-2-4-8-16;/h2-10,18-19H,11-15H2,1H3,(H,22,23);1H. The Bertz CT molecular complexity index is 729. The highest BCUT2D eigenvalue weighted by Crippen LogP contribution is 2.34. The van der Waals surface area contributed by atoms with E-state index in [4.69, 9.17) is 0 Å². The zero-order valence-corrected chi connectivity index (χ0v) is 17.0. The molecule has 2 aliphatic rings. The molecule has 2 aromatic rings. The van der Waals surface area contributed by atoms with Crippen molar-refractivity contribution in [1.82, 2.24) is 10.2 Å². The number of nitrogens with zero attached hydrogens (tertiary/aromatic N) is 2. The highest BCUT2D eigenvalue weighted by Gasteiger charge is 2.28. The largest absolute Gasteiger partial charge is 0.356 e. The third kappa shape index (κ3) is 3.84. The summed E-state index contributed by atoms with van der Waals surface area (Å²) in [5.74, 6) is 2.30. The van der Waals surface area contributed by atoms with E-state index in [9.17, 15) is 0 Å². The van der Waals surface area contributed by atoms with E-state index in [-0.39, 0.29) is 24.0 Å². The Hall–Kier alpha value is -1.56. The zero-order chi connectivity index (χ0) is 16.4. The Morgan fingerprint density at radius 1 is 1.12 bits per heavy atom. The first-order valence-electron chi connectivity index (χ1n) is 8.93. The molecule has 0 saturated carbocycles. The molecule has 2 atom stereocenters. The quantitative estimate of drug-likeness (QED) is 0.438. The fourth-order valence-corrected chi connectivity index (χ4v) is 4.04. The van der Waals surface area contributed by atoms with Gasteiger partial charge in [0.2, 0.25) is 0 Å². The number of halogens is 1. The average Bonchev–Trinajstić information content (AvgIpc) is 3.10. The van der Waals surface area contributed by atoms with Crippen LogP contribution < -0.4 is 5.32 Å². The lowest BCUT2D eigenvalue weighted by Crippen LogP contribution is -2.43. The number of hydrogen-bond acceptors (Lipinski definition) is 1. The monoisotopic (exact) mass is 447 g/mol. The number of aliphatic imine (C=N–C) groups is 1. The second-order valence-corrected chi connectivity index (χ2v) is 6.87. The molecule has 1 fully saturated rings. The molecular weight excluding hydrogens is 421 g/mol. The minimum Gasteiger partial charge on any atom is -0.356 e. The minimum absolute atomic E-state index is 0.